The molecule has 4 heteroatoms. The minimum absolute atomic E-state index is 0.102. The zero-order valence-corrected chi connectivity index (χ0v) is 5.67. The minimum atomic E-state index is -1.40. The van der Waals surface area contributed by atoms with Crippen LogP contribution in [0.2, 0.25) is 0 Å². The third-order valence-electron chi connectivity index (χ3n) is 1.29. The number of aliphatic hydroxyl groups excluding tert-OH is 1. The van der Waals surface area contributed by atoms with Crippen LogP contribution in [0.1, 0.15) is 11.7 Å². The van der Waals surface area contributed by atoms with Gasteiger partial charge in [-0.2, -0.15) is 4.39 Å². The summed E-state index contributed by atoms with van der Waals surface area (Å²) in [6, 6.07) is 2.74. The molecule has 0 unspecified atom stereocenters. The Morgan fingerprint density at radius 3 is 2.91 bits per heavy atom. The summed E-state index contributed by atoms with van der Waals surface area (Å²) in [7, 11) is 0. The number of rotatable bonds is 2. The molecule has 0 fully saturated rings. The molecule has 1 N–H and O–H groups in total. The number of aromatic nitrogens is 1. The van der Waals surface area contributed by atoms with Crippen LogP contribution in [-0.4, -0.2) is 16.8 Å². The first kappa shape index (κ1) is 8.07. The van der Waals surface area contributed by atoms with E-state index in [0.717, 1.165) is 0 Å². The zero-order chi connectivity index (χ0) is 8.27. The monoisotopic (exact) mass is 159 g/mol. The first-order valence-electron chi connectivity index (χ1n) is 3.10. The lowest BCUT2D eigenvalue weighted by molar-refractivity contribution is 0.137. The summed E-state index contributed by atoms with van der Waals surface area (Å²) < 4.78 is 24.4. The van der Waals surface area contributed by atoms with E-state index in [4.69, 9.17) is 5.11 Å². The predicted molar refractivity (Wildman–Crippen MR) is 35.1 cm³/mol. The lowest BCUT2D eigenvalue weighted by Gasteiger charge is -2.04. The van der Waals surface area contributed by atoms with Gasteiger partial charge in [0, 0.05) is 11.8 Å². The van der Waals surface area contributed by atoms with E-state index in [1.165, 1.54) is 18.3 Å². The summed E-state index contributed by atoms with van der Waals surface area (Å²) >= 11 is 0. The van der Waals surface area contributed by atoms with Gasteiger partial charge in [-0.05, 0) is 6.07 Å². The van der Waals surface area contributed by atoms with E-state index in [9.17, 15) is 8.78 Å². The van der Waals surface area contributed by atoms with Crippen molar-refractivity contribution in [2.75, 3.05) is 6.67 Å². The first-order valence-corrected chi connectivity index (χ1v) is 3.10. The van der Waals surface area contributed by atoms with E-state index in [2.05, 4.69) is 4.98 Å². The smallest absolute Gasteiger partial charge is 0.218 e. The van der Waals surface area contributed by atoms with Crippen LogP contribution in [0.25, 0.3) is 0 Å². The topological polar surface area (TPSA) is 33.1 Å². The van der Waals surface area contributed by atoms with Gasteiger partial charge < -0.3 is 5.11 Å². The molecule has 0 spiro atoms. The van der Waals surface area contributed by atoms with E-state index >= 15 is 0 Å². The van der Waals surface area contributed by atoms with Crippen LogP contribution in [0.5, 0.6) is 0 Å². The van der Waals surface area contributed by atoms with E-state index in [1.807, 2.05) is 0 Å². The number of alkyl halides is 1. The highest BCUT2D eigenvalue weighted by atomic mass is 19.1. The van der Waals surface area contributed by atoms with Gasteiger partial charge in [-0.25, -0.2) is 9.37 Å². The third kappa shape index (κ3) is 1.71. The van der Waals surface area contributed by atoms with Crippen molar-refractivity contribution >= 4 is 0 Å². The fraction of sp³-hybridized carbons (Fsp3) is 0.286. The Kier molecular flexibility index (Phi) is 2.48. The van der Waals surface area contributed by atoms with Crippen molar-refractivity contribution in [2.45, 2.75) is 6.10 Å². The Morgan fingerprint density at radius 2 is 2.36 bits per heavy atom. The number of aliphatic hydroxyl groups is 1. The third-order valence-corrected chi connectivity index (χ3v) is 1.29. The van der Waals surface area contributed by atoms with Gasteiger partial charge in [-0.1, -0.05) is 6.07 Å². The normalized spacial score (nSPS) is 13.0. The zero-order valence-electron chi connectivity index (χ0n) is 5.67. The second kappa shape index (κ2) is 3.39. The number of pyridine rings is 1. The fourth-order valence-corrected chi connectivity index (χ4v) is 0.730. The minimum Gasteiger partial charge on any atom is -0.385 e. The molecule has 0 saturated heterocycles. The van der Waals surface area contributed by atoms with Gasteiger partial charge in [0.25, 0.3) is 0 Å². The highest BCUT2D eigenvalue weighted by Gasteiger charge is 2.11. The van der Waals surface area contributed by atoms with Crippen LogP contribution in [-0.2, 0) is 0 Å². The summed E-state index contributed by atoms with van der Waals surface area (Å²) in [6.45, 7) is -0.997. The number of hydrogen-bond acceptors (Lipinski definition) is 2. The lowest BCUT2D eigenvalue weighted by atomic mass is 10.2. The van der Waals surface area contributed by atoms with Crippen molar-refractivity contribution in [1.82, 2.24) is 4.98 Å². The predicted octanol–water partition coefficient (Wildman–Crippen LogP) is 1.22. The van der Waals surface area contributed by atoms with Gasteiger partial charge in [-0.15, -0.1) is 0 Å². The highest BCUT2D eigenvalue weighted by molar-refractivity contribution is 5.13. The van der Waals surface area contributed by atoms with Crippen LogP contribution < -0.4 is 0 Å². The molecule has 2 nitrogen and oxygen atoms in total. The van der Waals surface area contributed by atoms with Gasteiger partial charge in [0.2, 0.25) is 5.95 Å². The Morgan fingerprint density at radius 1 is 1.64 bits per heavy atom. The van der Waals surface area contributed by atoms with Crippen LogP contribution in [0.15, 0.2) is 18.3 Å². The standard InChI is InChI=1S/C7H7F2NO/c8-4-6(11)5-2-1-3-10-7(5)9/h1-3,6,11H,4H2/t6-/m0/s1. The second-order valence-electron chi connectivity index (χ2n) is 2.05. The van der Waals surface area contributed by atoms with Gasteiger partial charge in [0.05, 0.1) is 0 Å². The van der Waals surface area contributed by atoms with Gasteiger partial charge in [-0.3, -0.25) is 0 Å². The van der Waals surface area contributed by atoms with Crippen LogP contribution in [0.4, 0.5) is 8.78 Å². The summed E-state index contributed by atoms with van der Waals surface area (Å²) in [5.41, 5.74) is -0.102. The molecular formula is C7H7F2NO. The van der Waals surface area contributed by atoms with Crippen molar-refractivity contribution in [3.63, 3.8) is 0 Å². The molecule has 0 bridgehead atoms. The quantitative estimate of drug-likeness (QED) is 0.658. The number of halogens is 2. The SMILES string of the molecule is O[C@@H](CF)c1cccnc1F. The molecule has 1 rings (SSSR count). The Bertz CT molecular complexity index is 242. The number of nitrogens with zero attached hydrogens (tertiary/aromatic N) is 1. The Labute approximate surface area is 62.5 Å². The van der Waals surface area contributed by atoms with Crippen molar-refractivity contribution < 1.29 is 13.9 Å². The molecule has 1 heterocycles. The van der Waals surface area contributed by atoms with Crippen LogP contribution >= 0.6 is 0 Å². The average Bonchev–Trinajstić information content (AvgIpc) is 2.04. The van der Waals surface area contributed by atoms with Gasteiger partial charge >= 0.3 is 0 Å². The van der Waals surface area contributed by atoms with Crippen molar-refractivity contribution in [3.05, 3.63) is 29.8 Å². The molecule has 1 atom stereocenters. The molecule has 60 valence electrons. The van der Waals surface area contributed by atoms with Crippen molar-refractivity contribution in [2.24, 2.45) is 0 Å². The molecule has 11 heavy (non-hydrogen) atoms. The molecule has 1 aromatic heterocycles. The van der Waals surface area contributed by atoms with Crippen molar-refractivity contribution in [1.29, 1.82) is 0 Å². The maximum atomic E-state index is 12.6. The van der Waals surface area contributed by atoms with Crippen LogP contribution in [0, 0.1) is 5.95 Å². The molecule has 0 aliphatic carbocycles. The largest absolute Gasteiger partial charge is 0.385 e. The lowest BCUT2D eigenvalue weighted by Crippen LogP contribution is -2.03. The molecule has 0 saturated carbocycles. The molecule has 1 aromatic rings. The summed E-state index contributed by atoms with van der Waals surface area (Å²) in [6.07, 6.45) is -0.159. The van der Waals surface area contributed by atoms with Crippen molar-refractivity contribution in [3.8, 4) is 0 Å². The van der Waals surface area contributed by atoms with E-state index in [1.54, 1.807) is 0 Å². The fourth-order valence-electron chi connectivity index (χ4n) is 0.730. The van der Waals surface area contributed by atoms with E-state index < -0.39 is 18.7 Å². The summed E-state index contributed by atoms with van der Waals surface area (Å²) in [5.74, 6) is -0.822. The molecule has 0 aliphatic rings. The molecular weight excluding hydrogens is 152 g/mol. The molecule has 0 aromatic carbocycles. The summed E-state index contributed by atoms with van der Waals surface area (Å²) in [5, 5.41) is 8.86. The van der Waals surface area contributed by atoms with E-state index in [-0.39, 0.29) is 5.56 Å². The average molecular weight is 159 g/mol. The number of hydrogen-bond donors (Lipinski definition) is 1. The highest BCUT2D eigenvalue weighted by Crippen LogP contribution is 2.14. The van der Waals surface area contributed by atoms with E-state index in [0.29, 0.717) is 0 Å². The maximum absolute atomic E-state index is 12.6. The van der Waals surface area contributed by atoms with Gasteiger partial charge in [0.1, 0.15) is 12.8 Å². The first-order chi connectivity index (χ1) is 5.25. The maximum Gasteiger partial charge on any atom is 0.218 e. The summed E-state index contributed by atoms with van der Waals surface area (Å²) in [4.78, 5) is 3.25. The molecule has 0 aliphatic heterocycles. The molecule has 0 radical (unpaired) electrons. The van der Waals surface area contributed by atoms with Crippen LogP contribution in [0.3, 0.4) is 0 Å². The Hall–Kier alpha value is -1.03. The van der Waals surface area contributed by atoms with Gasteiger partial charge in [0.15, 0.2) is 0 Å². The Balaban J connectivity index is 2.93. The molecule has 0 amide bonds. The second-order valence-corrected chi connectivity index (χ2v) is 2.05.